The summed E-state index contributed by atoms with van der Waals surface area (Å²) in [5.41, 5.74) is 11.3. The Bertz CT molecular complexity index is 2390. The quantitative estimate of drug-likeness (QED) is 0.144. The van der Waals surface area contributed by atoms with Crippen LogP contribution in [0.2, 0.25) is 0 Å². The average molecular weight is 747 g/mol. The number of benzene rings is 4. The minimum atomic E-state index is -4.02. The first-order valence-corrected chi connectivity index (χ1v) is 19.2. The minimum Gasteiger partial charge on any atom is -0.368 e. The van der Waals surface area contributed by atoms with E-state index in [0.717, 1.165) is 36.0 Å². The summed E-state index contributed by atoms with van der Waals surface area (Å²) >= 11 is 1.57. The molecule has 10 nitrogen and oxygen atoms in total. The molecule has 0 saturated heterocycles. The van der Waals surface area contributed by atoms with Crippen molar-refractivity contribution in [3.05, 3.63) is 148 Å². The summed E-state index contributed by atoms with van der Waals surface area (Å²) in [7, 11) is -2.62. The molecule has 0 aliphatic heterocycles. The van der Waals surface area contributed by atoms with Gasteiger partial charge in [-0.15, -0.1) is 0 Å². The van der Waals surface area contributed by atoms with E-state index < -0.39 is 39.8 Å². The highest BCUT2D eigenvalue weighted by molar-refractivity contribution is 7.90. The van der Waals surface area contributed by atoms with Gasteiger partial charge < -0.3 is 10.6 Å². The molecule has 0 saturated carbocycles. The third-order valence-electron chi connectivity index (χ3n) is 9.29. The molecule has 2 atom stereocenters. The molecule has 0 aliphatic carbocycles. The fourth-order valence-corrected chi connectivity index (χ4v) is 8.69. The van der Waals surface area contributed by atoms with Crippen molar-refractivity contribution >= 4 is 56.4 Å². The minimum absolute atomic E-state index is 0.0392. The Morgan fingerprint density at radius 2 is 1.49 bits per heavy atom. The largest absolute Gasteiger partial charge is 0.368 e. The molecule has 0 radical (unpaired) electrons. The Morgan fingerprint density at radius 3 is 2.11 bits per heavy atom. The van der Waals surface area contributed by atoms with E-state index >= 15 is 0 Å². The molecule has 2 N–H and O–H groups in total. The number of carbonyl (C=O) groups is 4. The number of hydrogen-bond donors (Lipinski definition) is 1. The number of carbonyl (C=O) groups excluding carboxylic acids is 4. The van der Waals surface area contributed by atoms with Crippen LogP contribution in [0.3, 0.4) is 0 Å². The van der Waals surface area contributed by atoms with Crippen LogP contribution >= 0.6 is 11.3 Å². The second kappa shape index (κ2) is 15.4. The first-order valence-electron chi connectivity index (χ1n) is 16.8. The molecule has 0 aliphatic rings. The number of primary amides is 1. The lowest BCUT2D eigenvalue weighted by Gasteiger charge is -2.33. The maximum atomic E-state index is 14.6. The third kappa shape index (κ3) is 7.69. The second-order valence-electron chi connectivity index (χ2n) is 13.0. The van der Waals surface area contributed by atoms with E-state index in [0.29, 0.717) is 28.4 Å². The monoisotopic (exact) mass is 746 g/mol. The Balaban J connectivity index is 1.37. The lowest BCUT2D eigenvalue weighted by atomic mass is 9.98. The highest BCUT2D eigenvalue weighted by Crippen LogP contribution is 2.29. The number of nitrogens with zero attached hydrogens (tertiary/aromatic N) is 3. The van der Waals surface area contributed by atoms with E-state index in [-0.39, 0.29) is 23.3 Å². The molecule has 0 fully saturated rings. The predicted octanol–water partition coefficient (Wildman–Crippen LogP) is 5.99. The molecule has 2 aromatic heterocycles. The van der Waals surface area contributed by atoms with Crippen molar-refractivity contribution in [2.75, 3.05) is 7.05 Å². The van der Waals surface area contributed by atoms with Crippen LogP contribution < -0.4 is 5.73 Å². The third-order valence-corrected chi connectivity index (χ3v) is 11.7. The van der Waals surface area contributed by atoms with Crippen molar-refractivity contribution in [1.82, 2.24) is 13.8 Å². The maximum Gasteiger partial charge on any atom is 0.268 e. The van der Waals surface area contributed by atoms with E-state index in [4.69, 9.17) is 5.73 Å². The van der Waals surface area contributed by atoms with E-state index in [2.05, 4.69) is 0 Å². The first-order chi connectivity index (χ1) is 25.4. The first kappa shape index (κ1) is 36.9. The molecule has 0 spiro atoms. The van der Waals surface area contributed by atoms with Crippen LogP contribution in [-0.2, 0) is 37.2 Å². The number of thiophene rings is 1. The fraction of sp³-hybridized carbons (Fsp3) is 0.171. The molecule has 6 rings (SSSR count). The van der Waals surface area contributed by atoms with Crippen LogP contribution in [-0.4, -0.2) is 65.5 Å². The van der Waals surface area contributed by atoms with Gasteiger partial charge in [0.2, 0.25) is 18.2 Å². The second-order valence-corrected chi connectivity index (χ2v) is 15.6. The smallest absolute Gasteiger partial charge is 0.268 e. The number of aromatic nitrogens is 1. The van der Waals surface area contributed by atoms with Crippen molar-refractivity contribution < 1.29 is 27.6 Å². The van der Waals surface area contributed by atoms with Crippen molar-refractivity contribution in [2.24, 2.45) is 5.73 Å². The van der Waals surface area contributed by atoms with E-state index in [1.807, 2.05) is 61.0 Å². The summed E-state index contributed by atoms with van der Waals surface area (Å²) in [6, 6.07) is 26.9. The average Bonchev–Trinajstić information content (AvgIpc) is 3.83. The molecular formula is C41H38N4O6S2. The molecule has 12 heteroatoms. The van der Waals surface area contributed by atoms with Gasteiger partial charge >= 0.3 is 0 Å². The van der Waals surface area contributed by atoms with Crippen molar-refractivity contribution in [2.45, 2.75) is 43.7 Å². The van der Waals surface area contributed by atoms with Crippen LogP contribution in [0, 0.1) is 13.8 Å². The van der Waals surface area contributed by atoms with E-state index in [1.54, 1.807) is 65.9 Å². The molecule has 6 aromatic rings. The summed E-state index contributed by atoms with van der Waals surface area (Å²) in [4.78, 5) is 56.6. The number of nitrogens with two attached hydrogens (primary N) is 1. The van der Waals surface area contributed by atoms with Crippen molar-refractivity contribution in [3.63, 3.8) is 0 Å². The van der Waals surface area contributed by atoms with Gasteiger partial charge in [0.1, 0.15) is 12.1 Å². The van der Waals surface area contributed by atoms with Crippen LogP contribution in [0.1, 0.15) is 32.6 Å². The van der Waals surface area contributed by atoms with Gasteiger partial charge in [-0.2, -0.15) is 11.3 Å². The fourth-order valence-electron chi connectivity index (χ4n) is 6.61. The van der Waals surface area contributed by atoms with Crippen LogP contribution in [0.4, 0.5) is 0 Å². The molecule has 2 heterocycles. The summed E-state index contributed by atoms with van der Waals surface area (Å²) in [6.07, 6.45) is 1.61. The van der Waals surface area contributed by atoms with Crippen LogP contribution in [0.5, 0.6) is 0 Å². The standard InChI is InChI=1S/C41H38N4O6S2/c1-27-19-28(2)21-32(20-27)40(48)44(26-46)38(22-29-13-15-30(16-14-29)31-17-18-52-25-31)41(49)43(3)37(39(42)47)23-33-24-45(36-12-8-7-11-35(33)36)53(50,51)34-9-5-4-6-10-34/h4-21,24-26,37-38H,22-23H2,1-3H3,(H2,42,47)/t37-,38-/m0/s1. The summed E-state index contributed by atoms with van der Waals surface area (Å²) < 4.78 is 28.6. The number of imide groups is 1. The van der Waals surface area contributed by atoms with Gasteiger partial charge in [0, 0.05) is 37.0 Å². The van der Waals surface area contributed by atoms with Crippen LogP contribution in [0.25, 0.3) is 22.0 Å². The Kier molecular flexibility index (Phi) is 10.7. The molecular weight excluding hydrogens is 709 g/mol. The predicted molar refractivity (Wildman–Crippen MR) is 206 cm³/mol. The van der Waals surface area contributed by atoms with Gasteiger partial charge in [0.25, 0.3) is 15.9 Å². The summed E-state index contributed by atoms with van der Waals surface area (Å²) in [6.45, 7) is 3.67. The van der Waals surface area contributed by atoms with Gasteiger partial charge in [-0.05, 0) is 83.3 Å². The van der Waals surface area contributed by atoms with Gasteiger partial charge in [-0.3, -0.25) is 24.1 Å². The number of likely N-dealkylation sites (N-methyl/N-ethyl adjacent to an activating group) is 1. The zero-order valence-electron chi connectivity index (χ0n) is 29.4. The number of para-hydroxylation sites is 1. The summed E-state index contributed by atoms with van der Waals surface area (Å²) in [5.74, 6) is -2.21. The number of rotatable bonds is 13. The molecule has 0 unspecified atom stereocenters. The normalized spacial score (nSPS) is 12.6. The Labute approximate surface area is 312 Å². The molecule has 53 heavy (non-hydrogen) atoms. The molecule has 4 aromatic carbocycles. The van der Waals surface area contributed by atoms with E-state index in [9.17, 15) is 27.6 Å². The number of aryl methyl sites for hydroxylation is 2. The number of amides is 4. The lowest BCUT2D eigenvalue weighted by Crippen LogP contribution is -2.56. The molecule has 4 amide bonds. The van der Waals surface area contributed by atoms with Crippen molar-refractivity contribution in [1.29, 1.82) is 0 Å². The SMILES string of the molecule is Cc1cc(C)cc(C(=O)N(C=O)[C@@H](Cc2ccc(-c3ccsc3)cc2)C(=O)N(C)[C@@H](Cc2cn(S(=O)(=O)c3ccccc3)c3ccccc23)C(N)=O)c1. The zero-order chi connectivity index (χ0) is 37.9. The zero-order valence-corrected chi connectivity index (χ0v) is 31.0. The van der Waals surface area contributed by atoms with Gasteiger partial charge in [0.05, 0.1) is 10.4 Å². The molecule has 270 valence electrons. The number of fused-ring (bicyclic) bond motifs is 1. The highest BCUT2D eigenvalue weighted by atomic mass is 32.2. The Hall–Kier alpha value is -5.85. The van der Waals surface area contributed by atoms with Gasteiger partial charge in [-0.1, -0.05) is 77.9 Å². The number of hydrogen-bond acceptors (Lipinski definition) is 7. The van der Waals surface area contributed by atoms with Crippen LogP contribution in [0.15, 0.2) is 125 Å². The molecule has 0 bridgehead atoms. The van der Waals surface area contributed by atoms with E-state index in [1.165, 1.54) is 25.4 Å². The maximum absolute atomic E-state index is 14.6. The topological polar surface area (TPSA) is 140 Å². The van der Waals surface area contributed by atoms with Gasteiger partial charge in [-0.25, -0.2) is 12.4 Å². The lowest BCUT2D eigenvalue weighted by molar-refractivity contribution is -0.143. The summed E-state index contributed by atoms with van der Waals surface area (Å²) in [5, 5.41) is 4.55. The van der Waals surface area contributed by atoms with Gasteiger partial charge in [0.15, 0.2) is 0 Å². The highest BCUT2D eigenvalue weighted by Gasteiger charge is 2.37. The Morgan fingerprint density at radius 1 is 0.830 bits per heavy atom. The van der Waals surface area contributed by atoms with Crippen molar-refractivity contribution in [3.8, 4) is 11.1 Å².